The van der Waals surface area contributed by atoms with E-state index in [1.807, 2.05) is 13.8 Å². The lowest BCUT2D eigenvalue weighted by molar-refractivity contribution is 0.574. The van der Waals surface area contributed by atoms with Crippen LogP contribution >= 0.6 is 11.6 Å². The fraction of sp³-hybridized carbons (Fsp3) is 0.250. The van der Waals surface area contributed by atoms with Gasteiger partial charge in [0.05, 0.1) is 4.90 Å². The number of nitrogens with one attached hydrogen (secondary N) is 1. The van der Waals surface area contributed by atoms with Crippen LogP contribution in [-0.4, -0.2) is 8.42 Å². The first kappa shape index (κ1) is 16.9. The summed E-state index contributed by atoms with van der Waals surface area (Å²) in [4.78, 5) is 0.143. The van der Waals surface area contributed by atoms with E-state index in [-0.39, 0.29) is 22.0 Å². The summed E-state index contributed by atoms with van der Waals surface area (Å²) in [5.41, 5.74) is 1.18. The van der Waals surface area contributed by atoms with Crippen LogP contribution in [0.15, 0.2) is 47.4 Å². The highest BCUT2D eigenvalue weighted by Crippen LogP contribution is 2.20. The Labute approximate surface area is 135 Å². The fourth-order valence-electron chi connectivity index (χ4n) is 1.98. The Balaban J connectivity index is 2.18. The van der Waals surface area contributed by atoms with Crippen LogP contribution in [0.2, 0.25) is 5.02 Å². The Hall–Kier alpha value is -1.43. The summed E-state index contributed by atoms with van der Waals surface area (Å²) in [6, 6.07) is 10.9. The molecular formula is C16H17ClFNO2S. The van der Waals surface area contributed by atoms with Crippen LogP contribution in [-0.2, 0) is 16.6 Å². The maximum absolute atomic E-state index is 13.7. The van der Waals surface area contributed by atoms with E-state index in [0.29, 0.717) is 5.92 Å². The van der Waals surface area contributed by atoms with E-state index >= 15 is 0 Å². The Kier molecular flexibility index (Phi) is 5.21. The third kappa shape index (κ3) is 3.85. The van der Waals surface area contributed by atoms with E-state index < -0.39 is 15.8 Å². The molecule has 2 aromatic carbocycles. The van der Waals surface area contributed by atoms with E-state index in [9.17, 15) is 12.8 Å². The molecule has 118 valence electrons. The third-order valence-corrected chi connectivity index (χ3v) is 5.13. The summed E-state index contributed by atoms with van der Waals surface area (Å²) >= 11 is 5.89. The lowest BCUT2D eigenvalue weighted by Crippen LogP contribution is -2.24. The molecule has 0 aliphatic heterocycles. The molecule has 1 N–H and O–H groups in total. The molecule has 0 aliphatic rings. The van der Waals surface area contributed by atoms with Crippen molar-refractivity contribution in [2.45, 2.75) is 31.2 Å². The van der Waals surface area contributed by atoms with Crippen molar-refractivity contribution in [3.05, 3.63) is 64.4 Å². The maximum atomic E-state index is 13.7. The van der Waals surface area contributed by atoms with Gasteiger partial charge >= 0.3 is 0 Å². The molecule has 0 saturated heterocycles. The molecule has 0 radical (unpaired) electrons. The van der Waals surface area contributed by atoms with Gasteiger partial charge in [0.15, 0.2) is 0 Å². The normalized spacial score (nSPS) is 11.9. The van der Waals surface area contributed by atoms with Crippen molar-refractivity contribution < 1.29 is 12.8 Å². The minimum absolute atomic E-state index is 0.131. The van der Waals surface area contributed by atoms with Gasteiger partial charge in [-0.3, -0.25) is 0 Å². The SMILES string of the molecule is CC(C)c1ccc(S(=O)(=O)NCc2c(F)cccc2Cl)cc1. The minimum atomic E-state index is -3.71. The monoisotopic (exact) mass is 341 g/mol. The van der Waals surface area contributed by atoms with Crippen molar-refractivity contribution in [3.63, 3.8) is 0 Å². The number of halogens is 2. The van der Waals surface area contributed by atoms with E-state index in [2.05, 4.69) is 4.72 Å². The van der Waals surface area contributed by atoms with Gasteiger partial charge < -0.3 is 0 Å². The quantitative estimate of drug-likeness (QED) is 0.890. The molecule has 0 aliphatic carbocycles. The molecular weight excluding hydrogens is 325 g/mol. The van der Waals surface area contributed by atoms with Crippen LogP contribution in [0.1, 0.15) is 30.9 Å². The summed E-state index contributed by atoms with van der Waals surface area (Å²) < 4.78 is 40.5. The lowest BCUT2D eigenvalue weighted by atomic mass is 10.0. The molecule has 3 nitrogen and oxygen atoms in total. The number of rotatable bonds is 5. The zero-order valence-electron chi connectivity index (χ0n) is 12.3. The van der Waals surface area contributed by atoms with Crippen LogP contribution < -0.4 is 4.72 Å². The molecule has 22 heavy (non-hydrogen) atoms. The molecule has 0 unspecified atom stereocenters. The van der Waals surface area contributed by atoms with Crippen molar-refractivity contribution in [2.24, 2.45) is 0 Å². The summed E-state index contributed by atoms with van der Waals surface area (Å²) in [5.74, 6) is -0.215. The zero-order chi connectivity index (χ0) is 16.3. The Morgan fingerprint density at radius 1 is 1.14 bits per heavy atom. The van der Waals surface area contributed by atoms with Crippen LogP contribution in [0.4, 0.5) is 4.39 Å². The second-order valence-electron chi connectivity index (χ2n) is 5.25. The summed E-state index contributed by atoms with van der Waals surface area (Å²) in [6.07, 6.45) is 0. The molecule has 0 fully saturated rings. The number of hydrogen-bond donors (Lipinski definition) is 1. The Bertz CT molecular complexity index is 738. The molecule has 0 aromatic heterocycles. The van der Waals surface area contributed by atoms with Gasteiger partial charge in [0.2, 0.25) is 10.0 Å². The van der Waals surface area contributed by atoms with E-state index in [1.165, 1.54) is 18.2 Å². The average molecular weight is 342 g/mol. The molecule has 0 saturated carbocycles. The first-order chi connectivity index (χ1) is 10.3. The second kappa shape index (κ2) is 6.77. The lowest BCUT2D eigenvalue weighted by Gasteiger charge is -2.10. The van der Waals surface area contributed by atoms with Crippen LogP contribution in [0.3, 0.4) is 0 Å². The molecule has 0 amide bonds. The maximum Gasteiger partial charge on any atom is 0.240 e. The highest BCUT2D eigenvalue weighted by Gasteiger charge is 2.16. The van der Waals surface area contributed by atoms with Gasteiger partial charge in [0.25, 0.3) is 0 Å². The molecule has 2 rings (SSSR count). The predicted octanol–water partition coefficient (Wildman–Crippen LogP) is 4.08. The van der Waals surface area contributed by atoms with Gasteiger partial charge in [-0.15, -0.1) is 0 Å². The molecule has 0 bridgehead atoms. The average Bonchev–Trinajstić information content (AvgIpc) is 2.46. The Morgan fingerprint density at radius 2 is 1.77 bits per heavy atom. The van der Waals surface area contributed by atoms with Crippen molar-refractivity contribution in [1.82, 2.24) is 4.72 Å². The van der Waals surface area contributed by atoms with E-state index in [4.69, 9.17) is 11.6 Å². The van der Waals surface area contributed by atoms with Crippen LogP contribution in [0, 0.1) is 5.82 Å². The van der Waals surface area contributed by atoms with Gasteiger partial charge in [-0.05, 0) is 35.7 Å². The highest BCUT2D eigenvalue weighted by molar-refractivity contribution is 7.89. The minimum Gasteiger partial charge on any atom is -0.207 e. The molecule has 0 atom stereocenters. The molecule has 0 heterocycles. The summed E-state index contributed by atoms with van der Waals surface area (Å²) in [7, 11) is -3.71. The topological polar surface area (TPSA) is 46.2 Å². The molecule has 2 aromatic rings. The predicted molar refractivity (Wildman–Crippen MR) is 86.0 cm³/mol. The number of sulfonamides is 1. The first-order valence-corrected chi connectivity index (χ1v) is 8.70. The number of hydrogen-bond acceptors (Lipinski definition) is 2. The fourth-order valence-corrected chi connectivity index (χ4v) is 3.21. The second-order valence-corrected chi connectivity index (χ2v) is 7.42. The van der Waals surface area contributed by atoms with Gasteiger partial charge in [-0.2, -0.15) is 0 Å². The van der Waals surface area contributed by atoms with E-state index in [1.54, 1.807) is 24.3 Å². The van der Waals surface area contributed by atoms with Crippen molar-refractivity contribution in [2.75, 3.05) is 0 Å². The van der Waals surface area contributed by atoms with Crippen molar-refractivity contribution >= 4 is 21.6 Å². The van der Waals surface area contributed by atoms with Crippen LogP contribution in [0.5, 0.6) is 0 Å². The van der Waals surface area contributed by atoms with Gasteiger partial charge in [0, 0.05) is 17.1 Å². The van der Waals surface area contributed by atoms with Gasteiger partial charge in [-0.25, -0.2) is 17.5 Å². The highest BCUT2D eigenvalue weighted by atomic mass is 35.5. The molecule has 0 spiro atoms. The Morgan fingerprint density at radius 3 is 2.32 bits per heavy atom. The summed E-state index contributed by atoms with van der Waals surface area (Å²) in [6.45, 7) is 3.86. The largest absolute Gasteiger partial charge is 0.240 e. The first-order valence-electron chi connectivity index (χ1n) is 6.84. The third-order valence-electron chi connectivity index (χ3n) is 3.36. The molecule has 6 heteroatoms. The zero-order valence-corrected chi connectivity index (χ0v) is 13.9. The summed E-state index contributed by atoms with van der Waals surface area (Å²) in [5, 5.41) is 0.192. The van der Waals surface area contributed by atoms with Gasteiger partial charge in [0.1, 0.15) is 5.82 Å². The standard InChI is InChI=1S/C16H17ClFNO2S/c1-11(2)12-6-8-13(9-7-12)22(20,21)19-10-14-15(17)4-3-5-16(14)18/h3-9,11,19H,10H2,1-2H3. The van der Waals surface area contributed by atoms with Crippen LogP contribution in [0.25, 0.3) is 0 Å². The van der Waals surface area contributed by atoms with E-state index in [0.717, 1.165) is 5.56 Å². The number of benzene rings is 2. The van der Waals surface area contributed by atoms with Gasteiger partial charge in [-0.1, -0.05) is 43.6 Å². The smallest absolute Gasteiger partial charge is 0.207 e. The van der Waals surface area contributed by atoms with Crippen molar-refractivity contribution in [1.29, 1.82) is 0 Å². The van der Waals surface area contributed by atoms with Crippen molar-refractivity contribution in [3.8, 4) is 0 Å².